The van der Waals surface area contributed by atoms with Gasteiger partial charge < -0.3 is 5.73 Å². The molecule has 23 heavy (non-hydrogen) atoms. The zero-order valence-electron chi connectivity index (χ0n) is 12.7. The van der Waals surface area contributed by atoms with Gasteiger partial charge >= 0.3 is 0 Å². The highest BCUT2D eigenvalue weighted by molar-refractivity contribution is 7.98. The van der Waals surface area contributed by atoms with Gasteiger partial charge in [-0.05, 0) is 70.5 Å². The summed E-state index contributed by atoms with van der Waals surface area (Å²) < 4.78 is 13.5. The molecule has 0 bridgehead atoms. The fraction of sp³-hybridized carbons (Fsp3) is 0.105. The van der Waals surface area contributed by atoms with Crippen LogP contribution < -0.4 is 5.73 Å². The van der Waals surface area contributed by atoms with Gasteiger partial charge in [0.25, 0.3) is 0 Å². The summed E-state index contributed by atoms with van der Waals surface area (Å²) in [4.78, 5) is 12.5. The number of allylic oxidation sites excluding steroid dienone is 2. The van der Waals surface area contributed by atoms with E-state index in [0.29, 0.717) is 0 Å². The van der Waals surface area contributed by atoms with Crippen LogP contribution in [0.25, 0.3) is 17.2 Å². The van der Waals surface area contributed by atoms with E-state index in [1.54, 1.807) is 17.8 Å². The van der Waals surface area contributed by atoms with E-state index >= 15 is 0 Å². The van der Waals surface area contributed by atoms with Crippen LogP contribution in [0.2, 0.25) is 0 Å². The van der Waals surface area contributed by atoms with Crippen molar-refractivity contribution in [2.45, 2.75) is 11.3 Å². The van der Waals surface area contributed by atoms with Gasteiger partial charge in [-0.25, -0.2) is 4.39 Å². The summed E-state index contributed by atoms with van der Waals surface area (Å²) in [7, 11) is 0. The SMILES string of the molecule is CSc1ccc(/C=C2\C=C(CC(N)=O)c3cc(F)ccc32)cc1. The zero-order chi connectivity index (χ0) is 16.4. The summed E-state index contributed by atoms with van der Waals surface area (Å²) in [6, 6.07) is 12.9. The molecule has 1 aliphatic rings. The Hall–Kier alpha value is -2.33. The lowest BCUT2D eigenvalue weighted by Crippen LogP contribution is -2.10. The summed E-state index contributed by atoms with van der Waals surface area (Å²) in [5.41, 5.74) is 9.76. The monoisotopic (exact) mass is 325 g/mol. The molecule has 0 heterocycles. The van der Waals surface area contributed by atoms with Crippen molar-refractivity contribution in [1.29, 1.82) is 0 Å². The molecule has 0 aromatic heterocycles. The molecule has 3 rings (SSSR count). The van der Waals surface area contributed by atoms with Crippen LogP contribution in [0, 0.1) is 5.82 Å². The number of carbonyl (C=O) groups excluding carboxylic acids is 1. The van der Waals surface area contributed by atoms with E-state index in [0.717, 1.165) is 27.8 Å². The number of benzene rings is 2. The van der Waals surface area contributed by atoms with E-state index < -0.39 is 5.91 Å². The maximum Gasteiger partial charge on any atom is 0.221 e. The van der Waals surface area contributed by atoms with Gasteiger partial charge in [-0.1, -0.05) is 18.2 Å². The molecular formula is C19H16FNOS. The van der Waals surface area contributed by atoms with Crippen molar-refractivity contribution in [1.82, 2.24) is 0 Å². The fourth-order valence-corrected chi connectivity index (χ4v) is 3.12. The highest BCUT2D eigenvalue weighted by atomic mass is 32.2. The number of thioether (sulfide) groups is 1. The number of hydrogen-bond donors (Lipinski definition) is 1. The molecule has 0 saturated carbocycles. The molecule has 2 aromatic rings. The Balaban J connectivity index is 2.03. The van der Waals surface area contributed by atoms with Crippen LogP contribution in [-0.4, -0.2) is 12.2 Å². The smallest absolute Gasteiger partial charge is 0.221 e. The minimum absolute atomic E-state index is 0.110. The summed E-state index contributed by atoms with van der Waals surface area (Å²) >= 11 is 1.69. The van der Waals surface area contributed by atoms with Crippen molar-refractivity contribution in [2.75, 3.05) is 6.26 Å². The fourth-order valence-electron chi connectivity index (χ4n) is 2.71. The van der Waals surface area contributed by atoms with Gasteiger partial charge in [0.05, 0.1) is 6.42 Å². The predicted octanol–water partition coefficient (Wildman–Crippen LogP) is 4.36. The number of primary amides is 1. The Morgan fingerprint density at radius 3 is 2.57 bits per heavy atom. The average Bonchev–Trinajstić information content (AvgIpc) is 2.84. The van der Waals surface area contributed by atoms with Crippen LogP contribution in [0.3, 0.4) is 0 Å². The quantitative estimate of drug-likeness (QED) is 0.849. The molecule has 1 amide bonds. The van der Waals surface area contributed by atoms with Crippen LogP contribution in [0.1, 0.15) is 23.1 Å². The summed E-state index contributed by atoms with van der Waals surface area (Å²) in [5, 5.41) is 0. The minimum atomic E-state index is -0.419. The number of halogens is 1. The molecule has 0 radical (unpaired) electrons. The summed E-state index contributed by atoms with van der Waals surface area (Å²) in [6.45, 7) is 0. The number of nitrogens with two attached hydrogens (primary N) is 1. The molecule has 0 unspecified atom stereocenters. The maximum atomic E-state index is 13.5. The normalized spacial score (nSPS) is 14.7. The van der Waals surface area contributed by atoms with Crippen LogP contribution in [0.5, 0.6) is 0 Å². The Morgan fingerprint density at radius 1 is 1.17 bits per heavy atom. The van der Waals surface area contributed by atoms with Crippen LogP contribution in [0.15, 0.2) is 53.4 Å². The first-order chi connectivity index (χ1) is 11.1. The van der Waals surface area contributed by atoms with Crippen LogP contribution >= 0.6 is 11.8 Å². The third-order valence-corrected chi connectivity index (χ3v) is 4.51. The lowest BCUT2D eigenvalue weighted by molar-refractivity contribution is -0.117. The first kappa shape index (κ1) is 15.6. The van der Waals surface area contributed by atoms with E-state index in [2.05, 4.69) is 12.1 Å². The van der Waals surface area contributed by atoms with Crippen LogP contribution in [-0.2, 0) is 4.79 Å². The van der Waals surface area contributed by atoms with Crippen molar-refractivity contribution < 1.29 is 9.18 Å². The zero-order valence-corrected chi connectivity index (χ0v) is 13.5. The second-order valence-electron chi connectivity index (χ2n) is 5.38. The van der Waals surface area contributed by atoms with Crippen molar-refractivity contribution in [3.63, 3.8) is 0 Å². The second kappa shape index (κ2) is 6.42. The Kier molecular flexibility index (Phi) is 4.35. The number of rotatable bonds is 4. The van der Waals surface area contributed by atoms with E-state index in [4.69, 9.17) is 5.73 Å². The first-order valence-corrected chi connectivity index (χ1v) is 8.44. The molecular weight excluding hydrogens is 309 g/mol. The molecule has 0 spiro atoms. The third-order valence-electron chi connectivity index (χ3n) is 3.77. The minimum Gasteiger partial charge on any atom is -0.369 e. The summed E-state index contributed by atoms with van der Waals surface area (Å²) in [5.74, 6) is -0.735. The lowest BCUT2D eigenvalue weighted by Gasteiger charge is -2.04. The lowest BCUT2D eigenvalue weighted by atomic mass is 10.0. The standard InChI is InChI=1S/C19H16FNOS/c1-23-16-5-2-12(3-6-16)8-13-9-14(10-19(21)22)18-11-15(20)4-7-17(13)18/h2-9,11H,10H2,1H3,(H2,21,22)/b13-8+. The second-order valence-corrected chi connectivity index (χ2v) is 6.26. The highest BCUT2D eigenvalue weighted by Crippen LogP contribution is 2.38. The number of amides is 1. The Morgan fingerprint density at radius 2 is 1.91 bits per heavy atom. The highest BCUT2D eigenvalue weighted by Gasteiger charge is 2.20. The molecule has 2 nitrogen and oxygen atoms in total. The van der Waals surface area contributed by atoms with Crippen molar-refractivity contribution in [3.05, 3.63) is 71.0 Å². The van der Waals surface area contributed by atoms with Gasteiger partial charge in [0.2, 0.25) is 5.91 Å². The topological polar surface area (TPSA) is 43.1 Å². The molecule has 4 heteroatoms. The third kappa shape index (κ3) is 3.37. The number of fused-ring (bicyclic) bond motifs is 1. The van der Waals surface area contributed by atoms with E-state index in [9.17, 15) is 9.18 Å². The average molecular weight is 325 g/mol. The molecule has 1 aliphatic carbocycles. The predicted molar refractivity (Wildman–Crippen MR) is 94.3 cm³/mol. The molecule has 0 fully saturated rings. The molecule has 116 valence electrons. The van der Waals surface area contributed by atoms with E-state index in [-0.39, 0.29) is 12.2 Å². The van der Waals surface area contributed by atoms with Crippen molar-refractivity contribution in [3.8, 4) is 0 Å². The Bertz CT molecular complexity index is 822. The van der Waals surface area contributed by atoms with Gasteiger partial charge in [0.1, 0.15) is 5.82 Å². The molecule has 0 saturated heterocycles. The van der Waals surface area contributed by atoms with Gasteiger partial charge in [-0.3, -0.25) is 4.79 Å². The van der Waals surface area contributed by atoms with E-state index in [1.807, 2.05) is 30.5 Å². The van der Waals surface area contributed by atoms with Gasteiger partial charge in [-0.15, -0.1) is 11.8 Å². The molecule has 2 aromatic carbocycles. The van der Waals surface area contributed by atoms with Crippen molar-refractivity contribution in [2.24, 2.45) is 5.73 Å². The van der Waals surface area contributed by atoms with Gasteiger partial charge in [-0.2, -0.15) is 0 Å². The number of carbonyl (C=O) groups is 1. The Labute approximate surface area is 138 Å². The van der Waals surface area contributed by atoms with E-state index in [1.165, 1.54) is 17.0 Å². The summed E-state index contributed by atoms with van der Waals surface area (Å²) in [6.07, 6.45) is 6.10. The molecule has 2 N–H and O–H groups in total. The van der Waals surface area contributed by atoms with Crippen molar-refractivity contribution >= 4 is 34.9 Å². The van der Waals surface area contributed by atoms with Gasteiger partial charge in [0.15, 0.2) is 0 Å². The number of hydrogen-bond acceptors (Lipinski definition) is 2. The molecule has 0 aliphatic heterocycles. The largest absolute Gasteiger partial charge is 0.369 e. The maximum absolute atomic E-state index is 13.5. The first-order valence-electron chi connectivity index (χ1n) is 7.22. The van der Waals surface area contributed by atoms with Gasteiger partial charge in [0, 0.05) is 4.90 Å². The molecule has 0 atom stereocenters. The van der Waals surface area contributed by atoms with Crippen LogP contribution in [0.4, 0.5) is 4.39 Å².